The number of hydrogen-bond donors (Lipinski definition) is 2. The molecule has 0 amide bonds. The molecule has 5 rings (SSSR count). The number of nitrogens with zero attached hydrogens (tertiary/aromatic N) is 4. The summed E-state index contributed by atoms with van der Waals surface area (Å²) < 4.78 is 0. The van der Waals surface area contributed by atoms with Gasteiger partial charge in [-0.2, -0.15) is 0 Å². The Balaban J connectivity index is 1.33. The van der Waals surface area contributed by atoms with Gasteiger partial charge in [-0.05, 0) is 41.5 Å². The number of aromatic nitrogens is 2. The van der Waals surface area contributed by atoms with Gasteiger partial charge in [-0.3, -0.25) is 0 Å². The second-order valence-electron chi connectivity index (χ2n) is 7.87. The van der Waals surface area contributed by atoms with Crippen molar-refractivity contribution in [1.82, 2.24) is 20.6 Å². The molecule has 154 valence electrons. The molecule has 0 bridgehead atoms. The fourth-order valence-corrected chi connectivity index (χ4v) is 4.15. The predicted molar refractivity (Wildman–Crippen MR) is 123 cm³/mol. The summed E-state index contributed by atoms with van der Waals surface area (Å²) in [6, 6.07) is 17.3. The van der Waals surface area contributed by atoms with Crippen LogP contribution in [0.5, 0.6) is 0 Å². The van der Waals surface area contributed by atoms with E-state index < -0.39 is 0 Å². The van der Waals surface area contributed by atoms with Gasteiger partial charge in [-0.15, -0.1) is 0 Å². The highest BCUT2D eigenvalue weighted by molar-refractivity contribution is 5.73. The zero-order valence-corrected chi connectivity index (χ0v) is 17.2. The lowest BCUT2D eigenvalue weighted by molar-refractivity contribution is 0.585. The van der Waals surface area contributed by atoms with Crippen LogP contribution in [0.3, 0.4) is 0 Å². The topological polar surface area (TPSA) is 56.3 Å². The molecule has 0 saturated carbocycles. The lowest BCUT2D eigenvalue weighted by Gasteiger charge is -2.28. The summed E-state index contributed by atoms with van der Waals surface area (Å²) in [5.41, 5.74) is 4.64. The van der Waals surface area contributed by atoms with E-state index in [2.05, 4.69) is 69.0 Å². The van der Waals surface area contributed by atoms with Gasteiger partial charge >= 0.3 is 0 Å². The molecule has 0 spiro atoms. The molecule has 2 fully saturated rings. The van der Waals surface area contributed by atoms with Crippen LogP contribution in [0.1, 0.15) is 0 Å². The minimum atomic E-state index is 1.01. The Bertz CT molecular complexity index is 881. The average molecular weight is 401 g/mol. The lowest BCUT2D eigenvalue weighted by Crippen LogP contribution is -2.43. The second-order valence-corrected chi connectivity index (χ2v) is 7.87. The van der Waals surface area contributed by atoms with Crippen molar-refractivity contribution < 1.29 is 0 Å². The highest BCUT2D eigenvalue weighted by atomic mass is 15.2. The third kappa shape index (κ3) is 4.15. The Labute approximate surface area is 178 Å². The molecule has 30 heavy (non-hydrogen) atoms. The molecular weight excluding hydrogens is 372 g/mol. The SMILES string of the molecule is c1cc(-c2ccc(N3CCNCC3)nc2)cc(-c2ccc(N3CCNCC3)nc2)c1. The van der Waals surface area contributed by atoms with E-state index in [0.29, 0.717) is 0 Å². The Hall–Kier alpha value is -2.96. The van der Waals surface area contributed by atoms with E-state index in [1.807, 2.05) is 12.4 Å². The van der Waals surface area contributed by atoms with Gasteiger partial charge in [0.15, 0.2) is 0 Å². The van der Waals surface area contributed by atoms with Crippen LogP contribution in [0.15, 0.2) is 60.9 Å². The van der Waals surface area contributed by atoms with E-state index in [0.717, 1.165) is 75.1 Å². The summed E-state index contributed by atoms with van der Waals surface area (Å²) in [7, 11) is 0. The van der Waals surface area contributed by atoms with Crippen molar-refractivity contribution >= 4 is 11.6 Å². The van der Waals surface area contributed by atoms with E-state index in [4.69, 9.17) is 9.97 Å². The number of benzene rings is 1. The summed E-state index contributed by atoms with van der Waals surface area (Å²) in [6.07, 6.45) is 3.98. The molecule has 0 atom stereocenters. The number of nitrogens with one attached hydrogen (secondary N) is 2. The minimum Gasteiger partial charge on any atom is -0.354 e. The normalized spacial score (nSPS) is 17.2. The van der Waals surface area contributed by atoms with Gasteiger partial charge in [0, 0.05) is 75.9 Å². The van der Waals surface area contributed by atoms with Crippen LogP contribution in [0.4, 0.5) is 11.6 Å². The molecule has 6 nitrogen and oxygen atoms in total. The molecule has 1 aromatic carbocycles. The Kier molecular flexibility index (Phi) is 5.59. The zero-order valence-electron chi connectivity index (χ0n) is 17.2. The number of anilines is 2. The van der Waals surface area contributed by atoms with Gasteiger partial charge in [0.05, 0.1) is 0 Å². The molecule has 2 aromatic heterocycles. The van der Waals surface area contributed by atoms with E-state index >= 15 is 0 Å². The van der Waals surface area contributed by atoms with Crippen molar-refractivity contribution in [1.29, 1.82) is 0 Å². The molecule has 6 heteroatoms. The first-order chi connectivity index (χ1) is 14.9. The first-order valence-electron chi connectivity index (χ1n) is 10.8. The summed E-state index contributed by atoms with van der Waals surface area (Å²) in [6.45, 7) is 8.13. The van der Waals surface area contributed by atoms with Crippen LogP contribution >= 0.6 is 0 Å². The van der Waals surface area contributed by atoms with Crippen LogP contribution in [0.2, 0.25) is 0 Å². The van der Waals surface area contributed by atoms with Gasteiger partial charge in [-0.25, -0.2) is 9.97 Å². The number of rotatable bonds is 4. The van der Waals surface area contributed by atoms with Crippen LogP contribution in [0.25, 0.3) is 22.3 Å². The largest absolute Gasteiger partial charge is 0.354 e. The lowest BCUT2D eigenvalue weighted by atomic mass is 10.0. The maximum atomic E-state index is 4.72. The first kappa shape index (κ1) is 19.0. The van der Waals surface area contributed by atoms with Gasteiger partial charge in [0.25, 0.3) is 0 Å². The van der Waals surface area contributed by atoms with Crippen LogP contribution in [-0.4, -0.2) is 62.3 Å². The van der Waals surface area contributed by atoms with E-state index in [1.165, 1.54) is 11.1 Å². The van der Waals surface area contributed by atoms with Crippen molar-refractivity contribution in [2.75, 3.05) is 62.2 Å². The third-order valence-electron chi connectivity index (χ3n) is 5.91. The minimum absolute atomic E-state index is 1.01. The highest BCUT2D eigenvalue weighted by Crippen LogP contribution is 2.27. The molecule has 4 heterocycles. The van der Waals surface area contributed by atoms with Crippen molar-refractivity contribution in [3.8, 4) is 22.3 Å². The molecule has 2 saturated heterocycles. The van der Waals surface area contributed by atoms with Crippen molar-refractivity contribution in [2.24, 2.45) is 0 Å². The maximum absolute atomic E-state index is 4.72. The summed E-state index contributed by atoms with van der Waals surface area (Å²) >= 11 is 0. The zero-order chi connectivity index (χ0) is 20.2. The first-order valence-corrected chi connectivity index (χ1v) is 10.8. The fourth-order valence-electron chi connectivity index (χ4n) is 4.15. The molecule has 0 unspecified atom stereocenters. The van der Waals surface area contributed by atoms with Gasteiger partial charge in [0.2, 0.25) is 0 Å². The van der Waals surface area contributed by atoms with Crippen molar-refractivity contribution in [3.05, 3.63) is 60.9 Å². The summed E-state index contributed by atoms with van der Waals surface area (Å²) in [5, 5.41) is 6.77. The van der Waals surface area contributed by atoms with Gasteiger partial charge < -0.3 is 20.4 Å². The van der Waals surface area contributed by atoms with Crippen LogP contribution < -0.4 is 20.4 Å². The fraction of sp³-hybridized carbons (Fsp3) is 0.333. The maximum Gasteiger partial charge on any atom is 0.128 e. The summed E-state index contributed by atoms with van der Waals surface area (Å²) in [5.74, 6) is 2.12. The predicted octanol–water partition coefficient (Wildman–Crippen LogP) is 2.63. The van der Waals surface area contributed by atoms with Crippen LogP contribution in [-0.2, 0) is 0 Å². The van der Waals surface area contributed by atoms with E-state index in [9.17, 15) is 0 Å². The quantitative estimate of drug-likeness (QED) is 0.702. The smallest absolute Gasteiger partial charge is 0.128 e. The van der Waals surface area contributed by atoms with Crippen molar-refractivity contribution in [3.63, 3.8) is 0 Å². The Morgan fingerprint density at radius 1 is 0.567 bits per heavy atom. The van der Waals surface area contributed by atoms with Crippen LogP contribution in [0, 0.1) is 0 Å². The molecule has 2 aliphatic heterocycles. The number of hydrogen-bond acceptors (Lipinski definition) is 6. The number of pyridine rings is 2. The molecular formula is C24H28N6. The van der Waals surface area contributed by atoms with E-state index in [1.54, 1.807) is 0 Å². The standard InChI is InChI=1S/C24H28N6/c1-2-19(21-4-6-23(27-17-21)29-12-8-25-9-13-29)16-20(3-1)22-5-7-24(28-18-22)30-14-10-26-11-15-30/h1-7,16-18,25-26H,8-15H2. The van der Waals surface area contributed by atoms with E-state index in [-0.39, 0.29) is 0 Å². The van der Waals surface area contributed by atoms with Gasteiger partial charge in [-0.1, -0.05) is 18.2 Å². The summed E-state index contributed by atoms with van der Waals surface area (Å²) in [4.78, 5) is 14.1. The molecule has 2 aliphatic rings. The molecule has 2 N–H and O–H groups in total. The molecule has 0 aliphatic carbocycles. The highest BCUT2D eigenvalue weighted by Gasteiger charge is 2.13. The molecule has 3 aromatic rings. The third-order valence-corrected chi connectivity index (χ3v) is 5.91. The Morgan fingerprint density at radius 3 is 1.43 bits per heavy atom. The van der Waals surface area contributed by atoms with Crippen molar-refractivity contribution in [2.45, 2.75) is 0 Å². The average Bonchev–Trinajstić information content (AvgIpc) is 2.85. The second kappa shape index (κ2) is 8.81. The molecule has 0 radical (unpaired) electrons. The monoisotopic (exact) mass is 400 g/mol. The Morgan fingerprint density at radius 2 is 1.03 bits per heavy atom. The van der Waals surface area contributed by atoms with Gasteiger partial charge in [0.1, 0.15) is 11.6 Å². The number of piperazine rings is 2.